The van der Waals surface area contributed by atoms with Gasteiger partial charge in [0.25, 0.3) is 0 Å². The van der Waals surface area contributed by atoms with E-state index in [1.165, 1.54) is 16.7 Å². The van der Waals surface area contributed by atoms with E-state index in [0.717, 1.165) is 44.7 Å². The minimum atomic E-state index is 0.606. The molecule has 0 radical (unpaired) electrons. The van der Waals surface area contributed by atoms with Gasteiger partial charge in [0.1, 0.15) is 0 Å². The van der Waals surface area contributed by atoms with Gasteiger partial charge in [0, 0.05) is 19.6 Å². The number of benzene rings is 2. The van der Waals surface area contributed by atoms with Gasteiger partial charge in [0.2, 0.25) is 5.95 Å². The van der Waals surface area contributed by atoms with Crippen LogP contribution in [0.1, 0.15) is 23.1 Å². The molecule has 3 aromatic rings. The number of hydrogen-bond donors (Lipinski definition) is 1. The molecule has 5 heteroatoms. The van der Waals surface area contributed by atoms with Crippen molar-refractivity contribution in [3.05, 3.63) is 77.5 Å². The topological polar surface area (TPSA) is 53.9 Å². The maximum Gasteiger partial charge on any atom is 0.244 e. The lowest BCUT2D eigenvalue weighted by molar-refractivity contribution is 0.713. The monoisotopic (exact) mass is 345 g/mol. The normalized spacial score (nSPS) is 13.3. The zero-order valence-electron chi connectivity index (χ0n) is 14.8. The van der Waals surface area contributed by atoms with Crippen LogP contribution in [0.4, 0.5) is 11.8 Å². The van der Waals surface area contributed by atoms with Crippen LogP contribution >= 0.6 is 0 Å². The Kier molecular flexibility index (Phi) is 5.05. The van der Waals surface area contributed by atoms with Crippen LogP contribution in [0.2, 0.25) is 0 Å². The number of fused-ring (bicyclic) bond motifs is 1. The second kappa shape index (κ2) is 7.95. The highest BCUT2D eigenvalue weighted by molar-refractivity contribution is 5.44. The van der Waals surface area contributed by atoms with E-state index in [0.29, 0.717) is 5.95 Å². The molecule has 0 unspecified atom stereocenters. The summed E-state index contributed by atoms with van der Waals surface area (Å²) in [5, 5.41) is 11.6. The number of hydrogen-bond acceptors (Lipinski definition) is 5. The van der Waals surface area contributed by atoms with Crippen LogP contribution < -0.4 is 10.2 Å². The summed E-state index contributed by atoms with van der Waals surface area (Å²) in [5.74, 6) is 1.49. The molecule has 2 aromatic carbocycles. The van der Waals surface area contributed by atoms with E-state index in [-0.39, 0.29) is 0 Å². The van der Waals surface area contributed by atoms with Crippen molar-refractivity contribution in [3.63, 3.8) is 0 Å². The highest BCUT2D eigenvalue weighted by atomic mass is 15.3. The number of aromatic nitrogens is 3. The minimum absolute atomic E-state index is 0.606. The van der Waals surface area contributed by atoms with Gasteiger partial charge in [-0.15, -0.1) is 5.10 Å². The average molecular weight is 345 g/mol. The predicted molar refractivity (Wildman–Crippen MR) is 104 cm³/mol. The summed E-state index contributed by atoms with van der Waals surface area (Å²) in [6, 6.07) is 19.1. The van der Waals surface area contributed by atoms with Gasteiger partial charge in [-0.3, -0.25) is 0 Å². The quantitative estimate of drug-likeness (QED) is 0.693. The van der Waals surface area contributed by atoms with Gasteiger partial charge in [0.05, 0.1) is 6.20 Å². The van der Waals surface area contributed by atoms with Gasteiger partial charge in [-0.1, -0.05) is 54.6 Å². The molecule has 0 saturated heterocycles. The van der Waals surface area contributed by atoms with Crippen molar-refractivity contribution in [1.82, 2.24) is 15.2 Å². The van der Waals surface area contributed by atoms with Crippen LogP contribution in [0.15, 0.2) is 60.8 Å². The van der Waals surface area contributed by atoms with Crippen LogP contribution in [0.25, 0.3) is 0 Å². The zero-order chi connectivity index (χ0) is 17.6. The first-order valence-corrected chi connectivity index (χ1v) is 9.18. The molecule has 1 N–H and O–H groups in total. The van der Waals surface area contributed by atoms with Gasteiger partial charge in [-0.25, -0.2) is 0 Å². The molecule has 4 rings (SSSR count). The largest absolute Gasteiger partial charge is 0.353 e. The summed E-state index contributed by atoms with van der Waals surface area (Å²) in [6.07, 6.45) is 4.88. The number of nitrogens with one attached hydrogen (secondary N) is 1. The van der Waals surface area contributed by atoms with E-state index >= 15 is 0 Å². The summed E-state index contributed by atoms with van der Waals surface area (Å²) < 4.78 is 0. The number of aryl methyl sites for hydroxylation is 1. The molecule has 0 amide bonds. The summed E-state index contributed by atoms with van der Waals surface area (Å²) in [7, 11) is 0. The van der Waals surface area contributed by atoms with E-state index in [9.17, 15) is 0 Å². The summed E-state index contributed by atoms with van der Waals surface area (Å²) in [5.41, 5.74) is 4.16. The summed E-state index contributed by atoms with van der Waals surface area (Å²) in [6.45, 7) is 2.67. The van der Waals surface area contributed by atoms with E-state index in [1.54, 1.807) is 6.20 Å². The van der Waals surface area contributed by atoms with Crippen molar-refractivity contribution in [2.45, 2.75) is 25.8 Å². The Morgan fingerprint density at radius 3 is 2.65 bits per heavy atom. The molecule has 1 aliphatic heterocycles. The van der Waals surface area contributed by atoms with E-state index in [4.69, 9.17) is 0 Å². The van der Waals surface area contributed by atoms with Crippen LogP contribution in [0.3, 0.4) is 0 Å². The Balaban J connectivity index is 1.34. The predicted octanol–water partition coefficient (Wildman–Crippen LogP) is 3.48. The molecule has 1 aromatic heterocycles. The van der Waals surface area contributed by atoms with Crippen molar-refractivity contribution >= 4 is 11.8 Å². The molecule has 0 atom stereocenters. The standard InChI is InChI=1S/C21H23N5/c1-2-7-17(8-3-1)9-6-13-22-21-24-20(15-23-25-21)26-14-12-18-10-4-5-11-19(18)16-26/h1-5,7-8,10-11,15H,6,9,12-14,16H2,(H,22,24,25). The van der Waals surface area contributed by atoms with Gasteiger partial charge >= 0.3 is 0 Å². The van der Waals surface area contributed by atoms with E-state index < -0.39 is 0 Å². The fourth-order valence-electron chi connectivity index (χ4n) is 3.35. The number of anilines is 2. The Bertz CT molecular complexity index is 850. The van der Waals surface area contributed by atoms with E-state index in [2.05, 4.69) is 73.9 Å². The fraction of sp³-hybridized carbons (Fsp3) is 0.286. The second-order valence-electron chi connectivity index (χ2n) is 6.59. The zero-order valence-corrected chi connectivity index (χ0v) is 14.8. The Labute approximate surface area is 154 Å². The average Bonchev–Trinajstić information content (AvgIpc) is 2.72. The molecular formula is C21H23N5. The van der Waals surface area contributed by atoms with Gasteiger partial charge in [-0.05, 0) is 36.0 Å². The first-order chi connectivity index (χ1) is 12.9. The lowest BCUT2D eigenvalue weighted by atomic mass is 10.0. The first-order valence-electron chi connectivity index (χ1n) is 9.18. The summed E-state index contributed by atoms with van der Waals surface area (Å²) in [4.78, 5) is 6.93. The maximum atomic E-state index is 4.66. The SMILES string of the molecule is c1ccc(CCCNc2nncc(N3CCc4ccccc4C3)n2)cc1. The van der Waals surface area contributed by atoms with Crippen LogP contribution in [-0.2, 0) is 19.4 Å². The Morgan fingerprint density at radius 1 is 0.962 bits per heavy atom. The fourth-order valence-corrected chi connectivity index (χ4v) is 3.35. The molecule has 0 saturated carbocycles. The molecule has 26 heavy (non-hydrogen) atoms. The van der Waals surface area contributed by atoms with Gasteiger partial charge < -0.3 is 10.2 Å². The minimum Gasteiger partial charge on any atom is -0.353 e. The van der Waals surface area contributed by atoms with Gasteiger partial charge in [0.15, 0.2) is 5.82 Å². The van der Waals surface area contributed by atoms with Crippen LogP contribution in [-0.4, -0.2) is 28.3 Å². The maximum absolute atomic E-state index is 4.66. The van der Waals surface area contributed by atoms with E-state index in [1.807, 2.05) is 6.07 Å². The van der Waals surface area contributed by atoms with Crippen molar-refractivity contribution in [2.75, 3.05) is 23.3 Å². The molecule has 5 nitrogen and oxygen atoms in total. The highest BCUT2D eigenvalue weighted by Gasteiger charge is 2.17. The lowest BCUT2D eigenvalue weighted by Crippen LogP contribution is -2.31. The van der Waals surface area contributed by atoms with Crippen molar-refractivity contribution in [2.24, 2.45) is 0 Å². The Morgan fingerprint density at radius 2 is 1.77 bits per heavy atom. The molecule has 0 aliphatic carbocycles. The molecule has 1 aliphatic rings. The van der Waals surface area contributed by atoms with Crippen LogP contribution in [0, 0.1) is 0 Å². The van der Waals surface area contributed by atoms with Crippen molar-refractivity contribution in [1.29, 1.82) is 0 Å². The van der Waals surface area contributed by atoms with Crippen molar-refractivity contribution < 1.29 is 0 Å². The smallest absolute Gasteiger partial charge is 0.244 e. The van der Waals surface area contributed by atoms with Crippen LogP contribution in [0.5, 0.6) is 0 Å². The molecule has 0 bridgehead atoms. The third-order valence-electron chi connectivity index (χ3n) is 4.77. The molecular weight excluding hydrogens is 322 g/mol. The third-order valence-corrected chi connectivity index (χ3v) is 4.77. The molecule has 0 spiro atoms. The second-order valence-corrected chi connectivity index (χ2v) is 6.59. The highest BCUT2D eigenvalue weighted by Crippen LogP contribution is 2.22. The Hall–Kier alpha value is -2.95. The van der Waals surface area contributed by atoms with Crippen molar-refractivity contribution in [3.8, 4) is 0 Å². The molecule has 2 heterocycles. The first kappa shape index (κ1) is 16.5. The number of nitrogens with zero attached hydrogens (tertiary/aromatic N) is 4. The van der Waals surface area contributed by atoms with Gasteiger partial charge in [-0.2, -0.15) is 10.1 Å². The number of rotatable bonds is 6. The third kappa shape index (κ3) is 3.99. The molecule has 0 fully saturated rings. The molecule has 132 valence electrons. The lowest BCUT2D eigenvalue weighted by Gasteiger charge is -2.29. The summed E-state index contributed by atoms with van der Waals surface area (Å²) >= 11 is 0.